The van der Waals surface area contributed by atoms with Crippen molar-refractivity contribution in [3.05, 3.63) is 66.2 Å². The number of hydrogen-bond acceptors (Lipinski definition) is 5. The van der Waals surface area contributed by atoms with Gasteiger partial charge in [0, 0.05) is 37.0 Å². The molecule has 144 valence electrons. The van der Waals surface area contributed by atoms with E-state index in [1.54, 1.807) is 0 Å². The number of aryl methyl sites for hydroxylation is 1. The molecular formula is C23H26N4O. The highest BCUT2D eigenvalue weighted by molar-refractivity contribution is 5.67. The zero-order chi connectivity index (χ0) is 19.3. The molecule has 1 saturated heterocycles. The summed E-state index contributed by atoms with van der Waals surface area (Å²) in [6, 6.07) is 20.8. The monoisotopic (exact) mass is 374 g/mol. The van der Waals surface area contributed by atoms with Crippen molar-refractivity contribution in [2.75, 3.05) is 42.6 Å². The summed E-state index contributed by atoms with van der Waals surface area (Å²) in [6.45, 7) is 8.26. The third-order valence-electron chi connectivity index (χ3n) is 4.97. The lowest BCUT2D eigenvalue weighted by Gasteiger charge is -2.30. The molecule has 0 bridgehead atoms. The lowest BCUT2D eigenvalue weighted by molar-refractivity contribution is 0.122. The lowest BCUT2D eigenvalue weighted by Crippen LogP contribution is -2.37. The first-order chi connectivity index (χ1) is 13.7. The number of rotatable bonds is 5. The maximum Gasteiger partial charge on any atom is 0.163 e. The van der Waals surface area contributed by atoms with E-state index in [0.717, 1.165) is 61.6 Å². The second-order valence-corrected chi connectivity index (χ2v) is 6.96. The van der Waals surface area contributed by atoms with E-state index < -0.39 is 0 Å². The number of nitrogens with zero attached hydrogens (tertiary/aromatic N) is 4. The molecule has 5 heteroatoms. The molecule has 0 N–H and O–H groups in total. The van der Waals surface area contributed by atoms with Gasteiger partial charge < -0.3 is 14.5 Å². The third-order valence-corrected chi connectivity index (χ3v) is 4.97. The van der Waals surface area contributed by atoms with Gasteiger partial charge in [0.2, 0.25) is 0 Å². The van der Waals surface area contributed by atoms with Crippen molar-refractivity contribution in [1.29, 1.82) is 0 Å². The minimum absolute atomic E-state index is 0.732. The fourth-order valence-corrected chi connectivity index (χ4v) is 3.50. The maximum atomic E-state index is 5.52. The summed E-state index contributed by atoms with van der Waals surface area (Å²) in [6.07, 6.45) is 0. The van der Waals surface area contributed by atoms with Gasteiger partial charge in [0.15, 0.2) is 5.82 Å². The van der Waals surface area contributed by atoms with Gasteiger partial charge in [-0.2, -0.15) is 0 Å². The van der Waals surface area contributed by atoms with Crippen LogP contribution in [0.25, 0.3) is 11.4 Å². The van der Waals surface area contributed by atoms with E-state index in [1.165, 1.54) is 5.56 Å². The molecule has 1 aliphatic heterocycles. The topological polar surface area (TPSA) is 41.5 Å². The average Bonchev–Trinajstić information content (AvgIpc) is 2.75. The minimum Gasteiger partial charge on any atom is -0.378 e. The van der Waals surface area contributed by atoms with Crippen molar-refractivity contribution < 1.29 is 4.74 Å². The van der Waals surface area contributed by atoms with Gasteiger partial charge in [-0.15, -0.1) is 0 Å². The third kappa shape index (κ3) is 3.99. The molecule has 0 radical (unpaired) electrons. The minimum atomic E-state index is 0.732. The smallest absolute Gasteiger partial charge is 0.163 e. The van der Waals surface area contributed by atoms with Crippen molar-refractivity contribution >= 4 is 17.3 Å². The van der Waals surface area contributed by atoms with Crippen LogP contribution in [0.2, 0.25) is 0 Å². The molecule has 3 aromatic rings. The van der Waals surface area contributed by atoms with Crippen LogP contribution in [0, 0.1) is 6.92 Å². The molecule has 0 aliphatic carbocycles. The van der Waals surface area contributed by atoms with Gasteiger partial charge in [0.05, 0.1) is 13.2 Å². The van der Waals surface area contributed by atoms with Crippen molar-refractivity contribution in [3.63, 3.8) is 0 Å². The van der Waals surface area contributed by atoms with Crippen molar-refractivity contribution in [2.24, 2.45) is 0 Å². The number of benzene rings is 2. The Kier molecular flexibility index (Phi) is 5.53. The van der Waals surface area contributed by atoms with E-state index in [1.807, 2.05) is 18.2 Å². The molecule has 2 aromatic carbocycles. The number of anilines is 3. The largest absolute Gasteiger partial charge is 0.378 e. The van der Waals surface area contributed by atoms with Gasteiger partial charge in [0.1, 0.15) is 11.6 Å². The molecule has 4 rings (SSSR count). The first kappa shape index (κ1) is 18.4. The standard InChI is InChI=1S/C23H26N4O/c1-3-27(20-11-7-8-18(2)16-20)22-17-21(26-12-14-28-15-13-26)24-23(25-22)19-9-5-4-6-10-19/h4-11,16-17H,3,12-15H2,1-2H3. The second-order valence-electron chi connectivity index (χ2n) is 6.96. The molecule has 0 saturated carbocycles. The molecule has 28 heavy (non-hydrogen) atoms. The summed E-state index contributed by atoms with van der Waals surface area (Å²) in [4.78, 5) is 14.3. The predicted octanol–water partition coefficient (Wildman–Crippen LogP) is 4.45. The Morgan fingerprint density at radius 1 is 0.964 bits per heavy atom. The van der Waals surface area contributed by atoms with Crippen LogP contribution in [0.15, 0.2) is 60.7 Å². The molecule has 0 spiro atoms. The molecular weight excluding hydrogens is 348 g/mol. The molecule has 1 aromatic heterocycles. The number of morpholine rings is 1. The van der Waals surface area contributed by atoms with Crippen LogP contribution in [-0.2, 0) is 4.74 Å². The summed E-state index contributed by atoms with van der Waals surface area (Å²) in [5.41, 5.74) is 3.41. The highest BCUT2D eigenvalue weighted by Crippen LogP contribution is 2.29. The average molecular weight is 374 g/mol. The van der Waals surface area contributed by atoms with E-state index in [9.17, 15) is 0 Å². The Morgan fingerprint density at radius 2 is 1.75 bits per heavy atom. The number of hydrogen-bond donors (Lipinski definition) is 0. The second kappa shape index (κ2) is 8.40. The highest BCUT2D eigenvalue weighted by atomic mass is 16.5. The zero-order valence-electron chi connectivity index (χ0n) is 16.5. The molecule has 2 heterocycles. The van der Waals surface area contributed by atoms with Crippen LogP contribution in [0.3, 0.4) is 0 Å². The van der Waals surface area contributed by atoms with Crippen molar-refractivity contribution in [3.8, 4) is 11.4 Å². The van der Waals surface area contributed by atoms with Crippen LogP contribution in [-0.4, -0.2) is 42.8 Å². The summed E-state index contributed by atoms with van der Waals surface area (Å²) in [5.74, 6) is 2.63. The van der Waals surface area contributed by atoms with Gasteiger partial charge in [-0.3, -0.25) is 0 Å². The van der Waals surface area contributed by atoms with Gasteiger partial charge in [-0.1, -0.05) is 42.5 Å². The van der Waals surface area contributed by atoms with Gasteiger partial charge in [-0.25, -0.2) is 9.97 Å². The first-order valence-corrected chi connectivity index (χ1v) is 9.86. The van der Waals surface area contributed by atoms with Crippen molar-refractivity contribution in [2.45, 2.75) is 13.8 Å². The fourth-order valence-electron chi connectivity index (χ4n) is 3.50. The quantitative estimate of drug-likeness (QED) is 0.660. The van der Waals surface area contributed by atoms with Crippen LogP contribution < -0.4 is 9.80 Å². The number of ether oxygens (including phenoxy) is 1. The van der Waals surface area contributed by atoms with Crippen LogP contribution in [0.1, 0.15) is 12.5 Å². The van der Waals surface area contributed by atoms with Gasteiger partial charge in [0.25, 0.3) is 0 Å². The Bertz CT molecular complexity index is 923. The molecule has 1 aliphatic rings. The molecule has 1 fully saturated rings. The van der Waals surface area contributed by atoms with Crippen LogP contribution in [0.5, 0.6) is 0 Å². The Hall–Kier alpha value is -2.92. The number of aromatic nitrogens is 2. The van der Waals surface area contributed by atoms with E-state index in [0.29, 0.717) is 0 Å². The molecule has 0 amide bonds. The van der Waals surface area contributed by atoms with Crippen LogP contribution in [0.4, 0.5) is 17.3 Å². The predicted molar refractivity (Wildman–Crippen MR) is 114 cm³/mol. The normalized spacial score (nSPS) is 14.1. The van der Waals surface area contributed by atoms with E-state index in [4.69, 9.17) is 14.7 Å². The summed E-state index contributed by atoms with van der Waals surface area (Å²) in [5, 5.41) is 0. The molecule has 0 atom stereocenters. The summed E-state index contributed by atoms with van der Waals surface area (Å²) < 4.78 is 5.52. The molecule has 5 nitrogen and oxygen atoms in total. The molecule has 0 unspecified atom stereocenters. The maximum absolute atomic E-state index is 5.52. The van der Waals surface area contributed by atoms with E-state index >= 15 is 0 Å². The lowest BCUT2D eigenvalue weighted by atomic mass is 10.2. The Labute approximate surface area is 166 Å². The SMILES string of the molecule is CCN(c1cccc(C)c1)c1cc(N2CCOCC2)nc(-c2ccccc2)n1. The van der Waals surface area contributed by atoms with Gasteiger partial charge in [-0.05, 0) is 31.5 Å². The summed E-state index contributed by atoms with van der Waals surface area (Å²) in [7, 11) is 0. The van der Waals surface area contributed by atoms with E-state index in [-0.39, 0.29) is 0 Å². The summed E-state index contributed by atoms with van der Waals surface area (Å²) >= 11 is 0. The zero-order valence-corrected chi connectivity index (χ0v) is 16.5. The van der Waals surface area contributed by atoms with Crippen molar-refractivity contribution in [1.82, 2.24) is 9.97 Å². The van der Waals surface area contributed by atoms with E-state index in [2.05, 4.69) is 66.1 Å². The Morgan fingerprint density at radius 3 is 2.46 bits per heavy atom. The van der Waals surface area contributed by atoms with Gasteiger partial charge >= 0.3 is 0 Å². The Balaban J connectivity index is 1.80. The fraction of sp³-hybridized carbons (Fsp3) is 0.304. The highest BCUT2D eigenvalue weighted by Gasteiger charge is 2.18. The van der Waals surface area contributed by atoms with Crippen LogP contribution >= 0.6 is 0 Å². The first-order valence-electron chi connectivity index (χ1n) is 9.86.